The van der Waals surface area contributed by atoms with Crippen molar-refractivity contribution in [2.24, 2.45) is 0 Å². The topological polar surface area (TPSA) is 125 Å². The molecule has 1 aliphatic rings. The summed E-state index contributed by atoms with van der Waals surface area (Å²) in [7, 11) is -3.54. The van der Waals surface area contributed by atoms with Gasteiger partial charge in [-0.05, 0) is 36.6 Å². The average molecular weight is 408 g/mol. The Morgan fingerprint density at radius 1 is 1.04 bits per heavy atom. The van der Waals surface area contributed by atoms with E-state index in [0.717, 1.165) is 18.9 Å². The molecule has 1 aromatic rings. The van der Waals surface area contributed by atoms with Crippen LogP contribution in [0.5, 0.6) is 0 Å². The normalized spacial score (nSPS) is 14.1. The molecule has 2 rings (SSSR count). The summed E-state index contributed by atoms with van der Waals surface area (Å²) in [4.78, 5) is 34.8. The lowest BCUT2D eigenvalue weighted by atomic mass is 10.2. The molecular formula is C18H24N4O5S. The fourth-order valence-corrected chi connectivity index (χ4v) is 3.79. The number of carbonyl (C=O) groups is 3. The number of nitrogens with zero attached hydrogens (tertiary/aromatic N) is 1. The fraction of sp³-hybridized carbons (Fsp3) is 0.389. The lowest BCUT2D eigenvalue weighted by Gasteiger charge is -2.18. The maximum absolute atomic E-state index is 12.4. The Morgan fingerprint density at radius 3 is 2.18 bits per heavy atom. The summed E-state index contributed by atoms with van der Waals surface area (Å²) in [5.41, 5.74) is 4.73. The predicted molar refractivity (Wildman–Crippen MR) is 103 cm³/mol. The first kappa shape index (κ1) is 21.6. The number of nitrogens with one attached hydrogen (secondary N) is 3. The standard InChI is InChI=1S/C18H24N4O5S/c1-3-22(4-2)28(26,27)15-10-5-13(6-11-15)7-12-16(23)20-21-18(25)17(24)19-14-8-9-14/h5-7,10-12,14H,3-4,8-9H2,1-2H3,(H,19,24)(H,20,23)(H,21,25)/b12-7+. The van der Waals surface area contributed by atoms with Crippen molar-refractivity contribution in [3.63, 3.8) is 0 Å². The third-order valence-corrected chi connectivity index (χ3v) is 6.13. The van der Waals surface area contributed by atoms with Crippen molar-refractivity contribution in [2.75, 3.05) is 13.1 Å². The van der Waals surface area contributed by atoms with Gasteiger partial charge in [0.25, 0.3) is 5.91 Å². The van der Waals surface area contributed by atoms with Gasteiger partial charge in [-0.25, -0.2) is 8.42 Å². The first-order valence-corrected chi connectivity index (χ1v) is 10.4. The molecule has 0 spiro atoms. The Balaban J connectivity index is 1.88. The molecule has 1 fully saturated rings. The molecule has 0 radical (unpaired) electrons. The van der Waals surface area contributed by atoms with Crippen molar-refractivity contribution in [3.8, 4) is 0 Å². The number of carbonyl (C=O) groups excluding carboxylic acids is 3. The van der Waals surface area contributed by atoms with Crippen molar-refractivity contribution in [1.29, 1.82) is 0 Å². The molecule has 10 heteroatoms. The first-order valence-electron chi connectivity index (χ1n) is 8.97. The number of hydrogen-bond donors (Lipinski definition) is 3. The molecule has 152 valence electrons. The summed E-state index contributed by atoms with van der Waals surface area (Å²) < 4.78 is 26.2. The third-order valence-electron chi connectivity index (χ3n) is 4.07. The minimum Gasteiger partial charge on any atom is -0.345 e. The zero-order valence-electron chi connectivity index (χ0n) is 15.8. The summed E-state index contributed by atoms with van der Waals surface area (Å²) in [6.45, 7) is 4.30. The number of benzene rings is 1. The van der Waals surface area contributed by atoms with Crippen LogP contribution in [0.4, 0.5) is 0 Å². The van der Waals surface area contributed by atoms with Gasteiger partial charge in [0.1, 0.15) is 0 Å². The van der Waals surface area contributed by atoms with Crippen LogP contribution in [0.1, 0.15) is 32.3 Å². The molecule has 0 atom stereocenters. The number of rotatable bonds is 7. The second-order valence-electron chi connectivity index (χ2n) is 6.18. The molecule has 0 saturated heterocycles. The van der Waals surface area contributed by atoms with Crippen LogP contribution in [0.2, 0.25) is 0 Å². The van der Waals surface area contributed by atoms with Crippen LogP contribution in [-0.4, -0.2) is 49.6 Å². The minimum atomic E-state index is -3.54. The van der Waals surface area contributed by atoms with E-state index < -0.39 is 27.7 Å². The summed E-state index contributed by atoms with van der Waals surface area (Å²) in [6, 6.07) is 6.12. The van der Waals surface area contributed by atoms with E-state index in [1.54, 1.807) is 26.0 Å². The van der Waals surface area contributed by atoms with Crippen LogP contribution in [-0.2, 0) is 24.4 Å². The van der Waals surface area contributed by atoms with E-state index in [1.807, 2.05) is 5.43 Å². The van der Waals surface area contributed by atoms with Gasteiger partial charge in [-0.3, -0.25) is 25.2 Å². The van der Waals surface area contributed by atoms with E-state index >= 15 is 0 Å². The number of sulfonamides is 1. The molecule has 0 aromatic heterocycles. The Kier molecular flexibility index (Phi) is 7.30. The Hall–Kier alpha value is -2.72. The van der Waals surface area contributed by atoms with E-state index in [9.17, 15) is 22.8 Å². The van der Waals surface area contributed by atoms with Crippen molar-refractivity contribution in [3.05, 3.63) is 35.9 Å². The van der Waals surface area contributed by atoms with Crippen molar-refractivity contribution in [1.82, 2.24) is 20.5 Å². The SMILES string of the molecule is CCN(CC)S(=O)(=O)c1ccc(/C=C/C(=O)NNC(=O)C(=O)NC2CC2)cc1. The van der Waals surface area contributed by atoms with Crippen LogP contribution in [0.25, 0.3) is 6.08 Å². The summed E-state index contributed by atoms with van der Waals surface area (Å²) in [5, 5.41) is 2.50. The first-order chi connectivity index (χ1) is 13.3. The molecule has 0 aliphatic heterocycles. The Morgan fingerprint density at radius 2 is 1.64 bits per heavy atom. The van der Waals surface area contributed by atoms with Crippen molar-refractivity contribution < 1.29 is 22.8 Å². The van der Waals surface area contributed by atoms with E-state index in [1.165, 1.54) is 22.5 Å². The van der Waals surface area contributed by atoms with E-state index in [-0.39, 0.29) is 10.9 Å². The molecule has 3 N–H and O–H groups in total. The Labute approximate surface area is 164 Å². The van der Waals surface area contributed by atoms with Crippen molar-refractivity contribution >= 4 is 33.8 Å². The van der Waals surface area contributed by atoms with Crippen molar-refractivity contribution in [2.45, 2.75) is 37.6 Å². The molecule has 9 nitrogen and oxygen atoms in total. The van der Waals surface area contributed by atoms with Crippen LogP contribution in [0.3, 0.4) is 0 Å². The van der Waals surface area contributed by atoms with Gasteiger partial charge in [0.05, 0.1) is 4.90 Å². The van der Waals surface area contributed by atoms with E-state index in [2.05, 4.69) is 10.7 Å². The number of hydrazine groups is 1. The van der Waals surface area contributed by atoms with Gasteiger partial charge in [-0.15, -0.1) is 0 Å². The zero-order valence-corrected chi connectivity index (χ0v) is 16.6. The van der Waals surface area contributed by atoms with Crippen LogP contribution >= 0.6 is 0 Å². The minimum absolute atomic E-state index is 0.0439. The molecule has 1 saturated carbocycles. The molecule has 1 aromatic carbocycles. The highest BCUT2D eigenvalue weighted by molar-refractivity contribution is 7.89. The largest absolute Gasteiger partial charge is 0.345 e. The van der Waals surface area contributed by atoms with E-state index in [0.29, 0.717) is 18.7 Å². The summed E-state index contributed by atoms with van der Waals surface area (Å²) in [6.07, 6.45) is 4.32. The van der Waals surface area contributed by atoms with Crippen LogP contribution < -0.4 is 16.2 Å². The highest BCUT2D eigenvalue weighted by Gasteiger charge is 2.26. The van der Waals surface area contributed by atoms with E-state index in [4.69, 9.17) is 0 Å². The molecular weight excluding hydrogens is 384 g/mol. The second-order valence-corrected chi connectivity index (χ2v) is 8.12. The fourth-order valence-electron chi connectivity index (χ4n) is 2.33. The van der Waals surface area contributed by atoms with Crippen LogP contribution in [0, 0.1) is 0 Å². The van der Waals surface area contributed by atoms with Gasteiger partial charge in [0.2, 0.25) is 10.0 Å². The zero-order chi connectivity index (χ0) is 20.7. The van der Waals surface area contributed by atoms with Crippen LogP contribution in [0.15, 0.2) is 35.2 Å². The highest BCUT2D eigenvalue weighted by Crippen LogP contribution is 2.18. The highest BCUT2D eigenvalue weighted by atomic mass is 32.2. The van der Waals surface area contributed by atoms with Gasteiger partial charge in [0, 0.05) is 25.2 Å². The molecule has 0 heterocycles. The number of amides is 3. The lowest BCUT2D eigenvalue weighted by Crippen LogP contribution is -2.48. The molecule has 0 bridgehead atoms. The van der Waals surface area contributed by atoms with Gasteiger partial charge in [0.15, 0.2) is 0 Å². The maximum Gasteiger partial charge on any atom is 0.327 e. The second kappa shape index (κ2) is 9.47. The molecule has 3 amide bonds. The van der Waals surface area contributed by atoms with Gasteiger partial charge < -0.3 is 5.32 Å². The predicted octanol–water partition coefficient (Wildman–Crippen LogP) is 0.156. The lowest BCUT2D eigenvalue weighted by molar-refractivity contribution is -0.140. The molecule has 0 unspecified atom stereocenters. The average Bonchev–Trinajstić information content (AvgIpc) is 3.49. The summed E-state index contributed by atoms with van der Waals surface area (Å²) >= 11 is 0. The maximum atomic E-state index is 12.4. The smallest absolute Gasteiger partial charge is 0.327 e. The quantitative estimate of drug-likeness (QED) is 0.337. The third kappa shape index (κ3) is 5.89. The Bertz CT molecular complexity index is 856. The van der Waals surface area contributed by atoms with Gasteiger partial charge in [-0.2, -0.15) is 4.31 Å². The summed E-state index contributed by atoms with van der Waals surface area (Å²) in [5.74, 6) is -2.37. The molecule has 1 aliphatic carbocycles. The monoisotopic (exact) mass is 408 g/mol. The molecule has 28 heavy (non-hydrogen) atoms. The number of hydrogen-bond acceptors (Lipinski definition) is 5. The van der Waals surface area contributed by atoms with Gasteiger partial charge >= 0.3 is 11.8 Å². The van der Waals surface area contributed by atoms with Gasteiger partial charge in [-0.1, -0.05) is 26.0 Å².